The van der Waals surface area contributed by atoms with Crippen molar-refractivity contribution < 1.29 is 19.1 Å². The third-order valence-corrected chi connectivity index (χ3v) is 6.73. The van der Waals surface area contributed by atoms with Gasteiger partial charge < -0.3 is 20.1 Å². The van der Waals surface area contributed by atoms with Gasteiger partial charge in [-0.25, -0.2) is 0 Å². The Hall–Kier alpha value is -3.80. The molecular formula is C26H24N2O4. The van der Waals surface area contributed by atoms with Gasteiger partial charge in [0.15, 0.2) is 11.5 Å². The van der Waals surface area contributed by atoms with Crippen molar-refractivity contribution in [3.05, 3.63) is 94.5 Å². The van der Waals surface area contributed by atoms with Crippen molar-refractivity contribution in [2.24, 2.45) is 5.92 Å². The standard InChI is InChI=1S/C26H24N2O4/c1-15-23(27-24(29)16-9-5-4-6-10-16)18-13-21(31-2)22(32-3)14-20(18)26(15)19-12-8-7-11-17(19)25(30)28-26/h4-15,23H,1-3H3,(H,27,29)(H,28,30)/t15-,23-,26+/m1/s1. The molecule has 0 bridgehead atoms. The molecule has 162 valence electrons. The monoisotopic (exact) mass is 428 g/mol. The van der Waals surface area contributed by atoms with Crippen LogP contribution < -0.4 is 20.1 Å². The third kappa shape index (κ3) is 2.72. The first-order valence-corrected chi connectivity index (χ1v) is 10.6. The van der Waals surface area contributed by atoms with Crippen LogP contribution in [0.25, 0.3) is 0 Å². The maximum Gasteiger partial charge on any atom is 0.252 e. The van der Waals surface area contributed by atoms with E-state index in [-0.39, 0.29) is 23.8 Å². The zero-order valence-corrected chi connectivity index (χ0v) is 18.1. The molecule has 0 unspecified atom stereocenters. The van der Waals surface area contributed by atoms with E-state index >= 15 is 0 Å². The van der Waals surface area contributed by atoms with Gasteiger partial charge in [-0.2, -0.15) is 0 Å². The molecule has 1 aliphatic heterocycles. The molecule has 0 radical (unpaired) electrons. The number of amides is 2. The van der Waals surface area contributed by atoms with Crippen molar-refractivity contribution in [1.82, 2.24) is 10.6 Å². The summed E-state index contributed by atoms with van der Waals surface area (Å²) >= 11 is 0. The van der Waals surface area contributed by atoms with Crippen LogP contribution in [0.5, 0.6) is 11.5 Å². The van der Waals surface area contributed by atoms with Crippen LogP contribution in [-0.4, -0.2) is 26.0 Å². The molecule has 0 saturated carbocycles. The molecule has 1 heterocycles. The Balaban J connectivity index is 1.69. The molecule has 2 amide bonds. The Labute approximate surface area is 186 Å². The van der Waals surface area contributed by atoms with E-state index in [0.717, 1.165) is 16.7 Å². The predicted molar refractivity (Wildman–Crippen MR) is 120 cm³/mol. The van der Waals surface area contributed by atoms with E-state index < -0.39 is 5.54 Å². The molecule has 3 aromatic rings. The Morgan fingerprint density at radius 2 is 1.59 bits per heavy atom. The number of hydrogen-bond donors (Lipinski definition) is 2. The van der Waals surface area contributed by atoms with Gasteiger partial charge in [-0.1, -0.05) is 43.3 Å². The van der Waals surface area contributed by atoms with Crippen LogP contribution in [0.3, 0.4) is 0 Å². The highest BCUT2D eigenvalue weighted by Gasteiger charge is 2.57. The van der Waals surface area contributed by atoms with Crippen LogP contribution in [0, 0.1) is 5.92 Å². The lowest BCUT2D eigenvalue weighted by Crippen LogP contribution is -2.46. The lowest BCUT2D eigenvalue weighted by Gasteiger charge is -2.33. The van der Waals surface area contributed by atoms with Gasteiger partial charge in [-0.3, -0.25) is 9.59 Å². The average molecular weight is 428 g/mol. The van der Waals surface area contributed by atoms with Crippen molar-refractivity contribution >= 4 is 11.8 Å². The van der Waals surface area contributed by atoms with Crippen LogP contribution in [0.2, 0.25) is 0 Å². The van der Waals surface area contributed by atoms with Crippen LogP contribution in [0.15, 0.2) is 66.7 Å². The highest BCUT2D eigenvalue weighted by atomic mass is 16.5. The maximum absolute atomic E-state index is 13.1. The molecule has 3 atom stereocenters. The van der Waals surface area contributed by atoms with E-state index in [4.69, 9.17) is 9.47 Å². The highest BCUT2D eigenvalue weighted by Crippen LogP contribution is 2.56. The number of ether oxygens (including phenoxy) is 2. The Kier molecular flexibility index (Phi) is 4.66. The summed E-state index contributed by atoms with van der Waals surface area (Å²) in [6, 6.07) is 20.2. The van der Waals surface area contributed by atoms with Crippen LogP contribution >= 0.6 is 0 Å². The second-order valence-electron chi connectivity index (χ2n) is 8.21. The first kappa shape index (κ1) is 20.1. The van der Waals surface area contributed by atoms with Crippen molar-refractivity contribution in [2.45, 2.75) is 18.5 Å². The molecule has 3 aromatic carbocycles. The fourth-order valence-corrected chi connectivity index (χ4v) is 5.19. The zero-order valence-electron chi connectivity index (χ0n) is 18.1. The molecule has 2 aliphatic rings. The van der Waals surface area contributed by atoms with Gasteiger partial charge in [0.25, 0.3) is 11.8 Å². The molecule has 32 heavy (non-hydrogen) atoms. The van der Waals surface area contributed by atoms with Gasteiger partial charge >= 0.3 is 0 Å². The molecule has 2 N–H and O–H groups in total. The summed E-state index contributed by atoms with van der Waals surface area (Å²) in [6.45, 7) is 2.05. The fraction of sp³-hybridized carbons (Fsp3) is 0.231. The summed E-state index contributed by atoms with van der Waals surface area (Å²) < 4.78 is 11.1. The van der Waals surface area contributed by atoms with Gasteiger partial charge in [-0.15, -0.1) is 0 Å². The fourth-order valence-electron chi connectivity index (χ4n) is 5.19. The Morgan fingerprint density at radius 1 is 0.938 bits per heavy atom. The summed E-state index contributed by atoms with van der Waals surface area (Å²) in [5.74, 6) is 0.703. The van der Waals surface area contributed by atoms with Crippen LogP contribution in [-0.2, 0) is 5.54 Å². The zero-order chi connectivity index (χ0) is 22.5. The predicted octanol–water partition coefficient (Wildman–Crippen LogP) is 3.81. The first-order chi connectivity index (χ1) is 15.5. The topological polar surface area (TPSA) is 76.7 Å². The van der Waals surface area contributed by atoms with Crippen molar-refractivity contribution in [3.63, 3.8) is 0 Å². The minimum absolute atomic E-state index is 0.122. The molecule has 0 fully saturated rings. The normalized spacial score (nSPS) is 22.8. The van der Waals surface area contributed by atoms with E-state index in [2.05, 4.69) is 17.6 Å². The molecule has 0 aromatic heterocycles. The number of nitrogens with one attached hydrogen (secondary N) is 2. The first-order valence-electron chi connectivity index (χ1n) is 10.6. The van der Waals surface area contributed by atoms with Crippen molar-refractivity contribution in [2.75, 3.05) is 14.2 Å². The SMILES string of the molecule is COc1cc2c(cc1OC)[C@]1(NC(=O)c3ccccc31)[C@H](C)[C@H]2NC(=O)c1ccccc1. The van der Waals surface area contributed by atoms with Crippen molar-refractivity contribution in [1.29, 1.82) is 0 Å². The smallest absolute Gasteiger partial charge is 0.252 e. The second-order valence-corrected chi connectivity index (χ2v) is 8.21. The summed E-state index contributed by atoms with van der Waals surface area (Å²) in [5.41, 5.74) is 3.16. The van der Waals surface area contributed by atoms with E-state index in [1.807, 2.05) is 54.6 Å². The third-order valence-electron chi connectivity index (χ3n) is 6.73. The van der Waals surface area contributed by atoms with Crippen LogP contribution in [0.1, 0.15) is 50.4 Å². The molecule has 6 heteroatoms. The molecule has 1 aliphatic carbocycles. The van der Waals surface area contributed by atoms with E-state index in [1.54, 1.807) is 26.4 Å². The summed E-state index contributed by atoms with van der Waals surface area (Å²) in [5, 5.41) is 6.45. The van der Waals surface area contributed by atoms with E-state index in [1.165, 1.54) is 0 Å². The van der Waals surface area contributed by atoms with E-state index in [0.29, 0.717) is 22.6 Å². The number of benzene rings is 3. The minimum atomic E-state index is -0.781. The Bertz CT molecular complexity index is 1220. The van der Waals surface area contributed by atoms with Gasteiger partial charge in [0.05, 0.1) is 25.8 Å². The number of fused-ring (bicyclic) bond motifs is 4. The number of carbonyl (C=O) groups is 2. The lowest BCUT2D eigenvalue weighted by atomic mass is 9.78. The number of methoxy groups -OCH3 is 2. The van der Waals surface area contributed by atoms with Gasteiger partial charge in [0, 0.05) is 17.0 Å². The number of carbonyl (C=O) groups excluding carboxylic acids is 2. The maximum atomic E-state index is 13.1. The molecule has 5 rings (SSSR count). The van der Waals surface area contributed by atoms with Gasteiger partial charge in [0.2, 0.25) is 0 Å². The van der Waals surface area contributed by atoms with Crippen LogP contribution in [0.4, 0.5) is 0 Å². The quantitative estimate of drug-likeness (QED) is 0.663. The lowest BCUT2D eigenvalue weighted by molar-refractivity contribution is 0.0895. The molecule has 6 nitrogen and oxygen atoms in total. The van der Waals surface area contributed by atoms with E-state index in [9.17, 15) is 9.59 Å². The second kappa shape index (κ2) is 7.41. The average Bonchev–Trinajstić information content (AvgIpc) is 3.25. The summed E-state index contributed by atoms with van der Waals surface area (Å²) in [6.07, 6.45) is 0. The Morgan fingerprint density at radius 3 is 2.31 bits per heavy atom. The van der Waals surface area contributed by atoms with Crippen molar-refractivity contribution in [3.8, 4) is 11.5 Å². The molecule has 0 saturated heterocycles. The summed E-state index contributed by atoms with van der Waals surface area (Å²) in [7, 11) is 3.17. The molecule has 1 spiro atoms. The van der Waals surface area contributed by atoms with Gasteiger partial charge in [0.1, 0.15) is 0 Å². The summed E-state index contributed by atoms with van der Waals surface area (Å²) in [4.78, 5) is 26.0. The minimum Gasteiger partial charge on any atom is -0.493 e. The highest BCUT2D eigenvalue weighted by molar-refractivity contribution is 6.01. The number of hydrogen-bond acceptors (Lipinski definition) is 4. The number of rotatable bonds is 4. The van der Waals surface area contributed by atoms with Gasteiger partial charge in [-0.05, 0) is 47.0 Å². The molecular weight excluding hydrogens is 404 g/mol. The largest absolute Gasteiger partial charge is 0.493 e.